The first kappa shape index (κ1) is 15.3. The molecule has 0 spiro atoms. The van der Waals surface area contributed by atoms with Crippen LogP contribution in [0, 0.1) is 10.8 Å². The topological polar surface area (TPSA) is 78.4 Å². The van der Waals surface area contributed by atoms with E-state index in [1.54, 1.807) is 0 Å². The molecule has 104 valence electrons. The summed E-state index contributed by atoms with van der Waals surface area (Å²) in [5, 5.41) is 14.2. The smallest absolute Gasteiger partial charge is 0.404 e. The summed E-state index contributed by atoms with van der Waals surface area (Å²) in [5.41, 5.74) is -0.0184. The highest BCUT2D eigenvalue weighted by Gasteiger charge is 2.41. The molecular weight excluding hydrogens is 300 g/mol. The predicted octanol–water partition coefficient (Wildman–Crippen LogP) is 2.94. The van der Waals surface area contributed by atoms with Gasteiger partial charge in [0.2, 0.25) is 0 Å². The summed E-state index contributed by atoms with van der Waals surface area (Å²) < 4.78 is 0. The summed E-state index contributed by atoms with van der Waals surface area (Å²) in [4.78, 5) is 21.5. The zero-order chi connectivity index (χ0) is 14.0. The van der Waals surface area contributed by atoms with Gasteiger partial charge < -0.3 is 15.7 Å². The van der Waals surface area contributed by atoms with Crippen molar-refractivity contribution in [3.05, 3.63) is 0 Å². The van der Waals surface area contributed by atoms with Gasteiger partial charge in [-0.1, -0.05) is 20.8 Å². The second-order valence-electron chi connectivity index (χ2n) is 6.33. The highest BCUT2D eigenvalue weighted by atomic mass is 79.9. The van der Waals surface area contributed by atoms with Crippen LogP contribution in [0.3, 0.4) is 0 Å². The third-order valence-corrected chi connectivity index (χ3v) is 3.71. The molecule has 0 saturated heterocycles. The lowest BCUT2D eigenvalue weighted by molar-refractivity contribution is 0.0721. The highest BCUT2D eigenvalue weighted by molar-refractivity contribution is 9.18. The fraction of sp³-hybridized carbons (Fsp3) is 0.833. The van der Waals surface area contributed by atoms with E-state index >= 15 is 0 Å². The number of rotatable bonds is 3. The molecule has 0 aliphatic heterocycles. The molecule has 3 N–H and O–H groups in total. The van der Waals surface area contributed by atoms with Crippen LogP contribution >= 0.6 is 15.9 Å². The molecule has 0 aromatic heterocycles. The number of nitrogens with one attached hydrogen (secondary N) is 2. The van der Waals surface area contributed by atoms with Crippen molar-refractivity contribution in [3.8, 4) is 0 Å². The summed E-state index contributed by atoms with van der Waals surface area (Å²) in [6.45, 7) is 6.92. The van der Waals surface area contributed by atoms with Crippen molar-refractivity contribution in [2.24, 2.45) is 10.8 Å². The van der Waals surface area contributed by atoms with E-state index in [0.29, 0.717) is 6.54 Å². The van der Waals surface area contributed by atoms with Crippen molar-refractivity contribution in [2.45, 2.75) is 46.1 Å². The molecule has 2 atom stereocenters. The number of carbonyl (C=O) groups is 2. The Morgan fingerprint density at radius 2 is 1.94 bits per heavy atom. The Morgan fingerprint density at radius 3 is 2.44 bits per heavy atom. The molecule has 1 aliphatic rings. The minimum Gasteiger partial charge on any atom is -0.465 e. The molecule has 1 rings (SSSR count). The Kier molecular flexibility index (Phi) is 4.64. The van der Waals surface area contributed by atoms with Gasteiger partial charge in [0, 0.05) is 28.5 Å². The van der Waals surface area contributed by atoms with E-state index in [4.69, 9.17) is 5.11 Å². The van der Waals surface area contributed by atoms with Gasteiger partial charge in [-0.05, 0) is 30.1 Å². The molecule has 1 aliphatic carbocycles. The number of halogens is 1. The average molecular weight is 321 g/mol. The van der Waals surface area contributed by atoms with Crippen LogP contribution < -0.4 is 10.6 Å². The van der Waals surface area contributed by atoms with Crippen LogP contribution in [0.15, 0.2) is 0 Å². The van der Waals surface area contributed by atoms with Gasteiger partial charge in [-0.2, -0.15) is 0 Å². The van der Waals surface area contributed by atoms with Gasteiger partial charge >= 0.3 is 6.09 Å². The Balaban J connectivity index is 2.72. The van der Waals surface area contributed by atoms with Gasteiger partial charge in [0.1, 0.15) is 0 Å². The minimum absolute atomic E-state index is 0.0523. The first-order valence-electron chi connectivity index (χ1n) is 6.05. The number of amides is 2. The molecule has 0 aromatic carbocycles. The second-order valence-corrected chi connectivity index (χ2v) is 7.05. The maximum Gasteiger partial charge on any atom is 0.404 e. The summed E-state index contributed by atoms with van der Waals surface area (Å²) in [6, 6.07) is -0.0523. The van der Waals surface area contributed by atoms with Gasteiger partial charge in [0.05, 0.1) is 0 Å². The Labute approximate surface area is 116 Å². The molecular formula is C12H21BrN2O3. The summed E-state index contributed by atoms with van der Waals surface area (Å²) >= 11 is 2.85. The molecule has 0 heterocycles. The van der Waals surface area contributed by atoms with Gasteiger partial charge in [0.15, 0.2) is 0 Å². The number of hydrogen-bond acceptors (Lipinski definition) is 2. The van der Waals surface area contributed by atoms with E-state index < -0.39 is 6.09 Å². The molecule has 2 unspecified atom stereocenters. The molecule has 0 aromatic rings. The number of hydrogen-bond donors (Lipinski definition) is 3. The zero-order valence-electron chi connectivity index (χ0n) is 11.0. The average Bonchev–Trinajstić information content (AvgIpc) is 2.10. The van der Waals surface area contributed by atoms with E-state index in [1.165, 1.54) is 0 Å². The van der Waals surface area contributed by atoms with Crippen molar-refractivity contribution < 1.29 is 14.7 Å². The Hall–Kier alpha value is -0.780. The van der Waals surface area contributed by atoms with Crippen molar-refractivity contribution >= 4 is 26.8 Å². The summed E-state index contributed by atoms with van der Waals surface area (Å²) in [6.07, 6.45) is 1.56. The van der Waals surface area contributed by atoms with Gasteiger partial charge in [0.25, 0.3) is 4.82 Å². The third kappa shape index (κ3) is 4.84. The van der Waals surface area contributed by atoms with Crippen molar-refractivity contribution in [2.75, 3.05) is 6.54 Å². The maximum absolute atomic E-state index is 10.9. The first-order chi connectivity index (χ1) is 8.12. The molecule has 1 fully saturated rings. The van der Waals surface area contributed by atoms with Crippen LogP contribution in [0.5, 0.6) is 0 Å². The SMILES string of the molecule is CC1(C)CC(NC(=O)O)CC(C)(CNC(=O)Br)C1. The number of carbonyl (C=O) groups excluding carboxylic acids is 1. The maximum atomic E-state index is 10.9. The van der Waals surface area contributed by atoms with Crippen LogP contribution in [-0.2, 0) is 0 Å². The van der Waals surface area contributed by atoms with E-state index in [0.717, 1.165) is 19.3 Å². The summed E-state index contributed by atoms with van der Waals surface area (Å²) in [7, 11) is 0. The van der Waals surface area contributed by atoms with Crippen LogP contribution in [0.2, 0.25) is 0 Å². The number of carboxylic acid groups (broad SMARTS) is 1. The van der Waals surface area contributed by atoms with Crippen LogP contribution in [0.1, 0.15) is 40.0 Å². The highest BCUT2D eigenvalue weighted by Crippen LogP contribution is 2.45. The second kappa shape index (κ2) is 5.47. The van der Waals surface area contributed by atoms with Crippen molar-refractivity contribution in [1.82, 2.24) is 10.6 Å². The third-order valence-electron chi connectivity index (χ3n) is 3.43. The Bertz CT molecular complexity index is 346. The van der Waals surface area contributed by atoms with Crippen molar-refractivity contribution in [3.63, 3.8) is 0 Å². The van der Waals surface area contributed by atoms with Gasteiger partial charge in [-0.3, -0.25) is 4.79 Å². The van der Waals surface area contributed by atoms with Gasteiger partial charge in [-0.15, -0.1) is 0 Å². The van der Waals surface area contributed by atoms with Crippen molar-refractivity contribution in [1.29, 1.82) is 0 Å². The molecule has 1 saturated carbocycles. The van der Waals surface area contributed by atoms with E-state index in [1.807, 2.05) is 0 Å². The van der Waals surface area contributed by atoms with Crippen LogP contribution in [0.25, 0.3) is 0 Å². The molecule has 0 bridgehead atoms. The Morgan fingerprint density at radius 1 is 1.33 bits per heavy atom. The normalized spacial score (nSPS) is 30.6. The summed E-state index contributed by atoms with van der Waals surface area (Å²) in [5.74, 6) is 0. The first-order valence-corrected chi connectivity index (χ1v) is 6.84. The van der Waals surface area contributed by atoms with E-state index in [9.17, 15) is 9.59 Å². The lowest BCUT2D eigenvalue weighted by Gasteiger charge is -2.46. The lowest BCUT2D eigenvalue weighted by Crippen LogP contribution is -2.49. The molecule has 18 heavy (non-hydrogen) atoms. The van der Waals surface area contributed by atoms with Crippen LogP contribution in [-0.4, -0.2) is 28.6 Å². The zero-order valence-corrected chi connectivity index (χ0v) is 12.6. The van der Waals surface area contributed by atoms with Crippen LogP contribution in [0.4, 0.5) is 9.59 Å². The molecule has 5 nitrogen and oxygen atoms in total. The van der Waals surface area contributed by atoms with E-state index in [2.05, 4.69) is 47.3 Å². The minimum atomic E-state index is -0.982. The molecule has 6 heteroatoms. The van der Waals surface area contributed by atoms with E-state index in [-0.39, 0.29) is 21.7 Å². The lowest BCUT2D eigenvalue weighted by atomic mass is 9.62. The standard InChI is InChI=1S/C12H21BrN2O3/c1-11(2)4-8(15-10(17)18)5-12(3,6-11)7-14-9(13)16/h8,15H,4-7H2,1-3H3,(H,14,16)(H,17,18). The predicted molar refractivity (Wildman–Crippen MR) is 73.0 cm³/mol. The fourth-order valence-corrected chi connectivity index (χ4v) is 3.47. The van der Waals surface area contributed by atoms with Gasteiger partial charge in [-0.25, -0.2) is 4.79 Å². The molecule has 2 amide bonds. The largest absolute Gasteiger partial charge is 0.465 e. The quantitative estimate of drug-likeness (QED) is 0.552. The molecule has 0 radical (unpaired) electrons. The fourth-order valence-electron chi connectivity index (χ4n) is 3.33. The monoisotopic (exact) mass is 320 g/mol.